The van der Waals surface area contributed by atoms with E-state index in [4.69, 9.17) is 4.74 Å². The first kappa shape index (κ1) is 12.9. The van der Waals surface area contributed by atoms with Gasteiger partial charge in [-0.3, -0.25) is 0 Å². The molecule has 0 saturated carbocycles. The molecule has 0 radical (unpaired) electrons. The lowest BCUT2D eigenvalue weighted by Gasteiger charge is -2.24. The third-order valence-electron chi connectivity index (χ3n) is 3.93. The van der Waals surface area contributed by atoms with Gasteiger partial charge >= 0.3 is 0 Å². The van der Waals surface area contributed by atoms with Gasteiger partial charge in [-0.05, 0) is 65.4 Å². The molecule has 0 saturated heterocycles. The Balaban J connectivity index is 1.89. The smallest absolute Gasteiger partial charge is 0.0598 e. The lowest BCUT2D eigenvalue weighted by Crippen LogP contribution is -2.27. The molecule has 0 fully saturated rings. The molecule has 0 amide bonds. The molecule has 0 aromatic carbocycles. The number of hydrogen-bond acceptors (Lipinski definition) is 2. The fraction of sp³-hybridized carbons (Fsp3) is 0.867. The Labute approximate surface area is 106 Å². The number of allylic oxidation sites excluding steroid dienone is 1. The van der Waals surface area contributed by atoms with Crippen molar-refractivity contribution < 1.29 is 4.74 Å². The predicted octanol–water partition coefficient (Wildman–Crippen LogP) is 3.63. The molecule has 2 heteroatoms. The van der Waals surface area contributed by atoms with E-state index in [9.17, 15) is 0 Å². The van der Waals surface area contributed by atoms with E-state index in [0.29, 0.717) is 12.0 Å². The zero-order valence-electron chi connectivity index (χ0n) is 11.8. The molecule has 98 valence electrons. The molecule has 2 unspecified atom stereocenters. The standard InChI is InChI=1S/C15H27NO/c1-11-12(9-10-17-15(2,3)4)13-7-5-6-8-14(13)16-11/h11-12,16H,5-10H2,1-4H3. The molecule has 1 heterocycles. The van der Waals surface area contributed by atoms with Gasteiger partial charge in [-0.25, -0.2) is 0 Å². The summed E-state index contributed by atoms with van der Waals surface area (Å²) in [6, 6.07) is 0.613. The minimum atomic E-state index is -0.000946. The Morgan fingerprint density at radius 2 is 1.94 bits per heavy atom. The van der Waals surface area contributed by atoms with E-state index in [0.717, 1.165) is 6.61 Å². The molecule has 2 atom stereocenters. The Bertz CT molecular complexity index is 301. The molecule has 0 aromatic rings. The maximum atomic E-state index is 5.87. The van der Waals surface area contributed by atoms with E-state index in [1.165, 1.54) is 32.1 Å². The fourth-order valence-corrected chi connectivity index (χ4v) is 3.10. The highest BCUT2D eigenvalue weighted by atomic mass is 16.5. The number of ether oxygens (including phenoxy) is 1. The van der Waals surface area contributed by atoms with Crippen molar-refractivity contribution >= 4 is 0 Å². The second kappa shape index (κ2) is 5.01. The number of hydrogen-bond donors (Lipinski definition) is 1. The molecule has 2 aliphatic rings. The van der Waals surface area contributed by atoms with Crippen molar-refractivity contribution in [3.63, 3.8) is 0 Å². The van der Waals surface area contributed by atoms with Crippen molar-refractivity contribution in [3.8, 4) is 0 Å². The average molecular weight is 237 g/mol. The van der Waals surface area contributed by atoms with Crippen molar-refractivity contribution in [2.75, 3.05) is 6.61 Å². The van der Waals surface area contributed by atoms with Gasteiger partial charge in [0.05, 0.1) is 5.60 Å². The Kier molecular flexibility index (Phi) is 3.82. The highest BCUT2D eigenvalue weighted by Gasteiger charge is 2.32. The molecule has 17 heavy (non-hydrogen) atoms. The number of nitrogens with one attached hydrogen (secondary N) is 1. The number of rotatable bonds is 3. The zero-order valence-corrected chi connectivity index (χ0v) is 11.8. The molecule has 1 aliphatic carbocycles. The molecule has 1 aliphatic heterocycles. The van der Waals surface area contributed by atoms with Crippen molar-refractivity contribution in [3.05, 3.63) is 11.3 Å². The zero-order chi connectivity index (χ0) is 12.5. The summed E-state index contributed by atoms with van der Waals surface area (Å²) in [4.78, 5) is 0. The second-order valence-electron chi connectivity index (χ2n) is 6.50. The van der Waals surface area contributed by atoms with Crippen LogP contribution in [-0.2, 0) is 4.74 Å². The Morgan fingerprint density at radius 3 is 2.65 bits per heavy atom. The fourth-order valence-electron chi connectivity index (χ4n) is 3.10. The summed E-state index contributed by atoms with van der Waals surface area (Å²) >= 11 is 0. The monoisotopic (exact) mass is 237 g/mol. The van der Waals surface area contributed by atoms with Crippen molar-refractivity contribution in [2.45, 2.75) is 71.4 Å². The summed E-state index contributed by atoms with van der Waals surface area (Å²) in [6.45, 7) is 9.61. The van der Waals surface area contributed by atoms with Crippen LogP contribution in [0.15, 0.2) is 11.3 Å². The maximum Gasteiger partial charge on any atom is 0.0598 e. The van der Waals surface area contributed by atoms with Crippen LogP contribution in [0.2, 0.25) is 0 Å². The van der Waals surface area contributed by atoms with Crippen LogP contribution >= 0.6 is 0 Å². The maximum absolute atomic E-state index is 5.87. The van der Waals surface area contributed by atoms with Crippen LogP contribution < -0.4 is 5.32 Å². The third-order valence-corrected chi connectivity index (χ3v) is 3.93. The first-order valence-corrected chi connectivity index (χ1v) is 7.10. The van der Waals surface area contributed by atoms with E-state index >= 15 is 0 Å². The van der Waals surface area contributed by atoms with Crippen LogP contribution in [0.4, 0.5) is 0 Å². The van der Waals surface area contributed by atoms with E-state index in [2.05, 4.69) is 33.0 Å². The minimum Gasteiger partial charge on any atom is -0.385 e. The summed E-state index contributed by atoms with van der Waals surface area (Å²) in [5, 5.41) is 3.68. The average Bonchev–Trinajstić information content (AvgIpc) is 2.54. The van der Waals surface area contributed by atoms with Gasteiger partial charge in [-0.1, -0.05) is 0 Å². The van der Waals surface area contributed by atoms with Crippen LogP contribution in [0, 0.1) is 5.92 Å². The van der Waals surface area contributed by atoms with Crippen LogP contribution in [0.5, 0.6) is 0 Å². The molecule has 0 aromatic heterocycles. The van der Waals surface area contributed by atoms with Crippen LogP contribution in [0.25, 0.3) is 0 Å². The van der Waals surface area contributed by atoms with Gasteiger partial charge in [0, 0.05) is 24.3 Å². The first-order chi connectivity index (χ1) is 7.97. The van der Waals surface area contributed by atoms with Gasteiger partial charge in [0.15, 0.2) is 0 Å². The molecule has 2 nitrogen and oxygen atoms in total. The van der Waals surface area contributed by atoms with E-state index in [1.807, 2.05) is 0 Å². The largest absolute Gasteiger partial charge is 0.385 e. The molecule has 2 rings (SSSR count). The van der Waals surface area contributed by atoms with E-state index in [-0.39, 0.29) is 5.60 Å². The summed E-state index contributed by atoms with van der Waals surface area (Å²) in [5.41, 5.74) is 3.27. The lowest BCUT2D eigenvalue weighted by molar-refractivity contribution is -0.00854. The van der Waals surface area contributed by atoms with Crippen molar-refractivity contribution in [2.24, 2.45) is 5.92 Å². The summed E-state index contributed by atoms with van der Waals surface area (Å²) in [5.74, 6) is 0.715. The third kappa shape index (κ3) is 3.25. The summed E-state index contributed by atoms with van der Waals surface area (Å²) in [7, 11) is 0. The van der Waals surface area contributed by atoms with Gasteiger partial charge in [-0.2, -0.15) is 0 Å². The van der Waals surface area contributed by atoms with Gasteiger partial charge < -0.3 is 10.1 Å². The Morgan fingerprint density at radius 1 is 1.24 bits per heavy atom. The first-order valence-electron chi connectivity index (χ1n) is 7.10. The van der Waals surface area contributed by atoms with E-state index in [1.54, 1.807) is 11.3 Å². The second-order valence-corrected chi connectivity index (χ2v) is 6.50. The van der Waals surface area contributed by atoms with Crippen molar-refractivity contribution in [1.29, 1.82) is 0 Å². The van der Waals surface area contributed by atoms with Crippen LogP contribution in [0.1, 0.15) is 59.8 Å². The minimum absolute atomic E-state index is 0.000946. The molecular weight excluding hydrogens is 210 g/mol. The van der Waals surface area contributed by atoms with Gasteiger partial charge in [-0.15, -0.1) is 0 Å². The topological polar surface area (TPSA) is 21.3 Å². The molecule has 1 N–H and O–H groups in total. The molecule has 0 bridgehead atoms. The quantitative estimate of drug-likeness (QED) is 0.809. The van der Waals surface area contributed by atoms with Crippen molar-refractivity contribution in [1.82, 2.24) is 5.32 Å². The van der Waals surface area contributed by atoms with Gasteiger partial charge in [0.1, 0.15) is 0 Å². The van der Waals surface area contributed by atoms with Crippen LogP contribution in [0.3, 0.4) is 0 Å². The highest BCUT2D eigenvalue weighted by Crippen LogP contribution is 2.37. The Hall–Kier alpha value is -0.500. The molecular formula is C15H27NO. The lowest BCUT2D eigenvalue weighted by atomic mass is 9.86. The van der Waals surface area contributed by atoms with Gasteiger partial charge in [0.25, 0.3) is 0 Å². The normalized spacial score (nSPS) is 29.2. The molecule has 0 spiro atoms. The summed E-state index contributed by atoms with van der Waals surface area (Å²) < 4.78 is 5.87. The van der Waals surface area contributed by atoms with Crippen LogP contribution in [-0.4, -0.2) is 18.2 Å². The van der Waals surface area contributed by atoms with E-state index < -0.39 is 0 Å². The highest BCUT2D eigenvalue weighted by molar-refractivity contribution is 5.26. The SMILES string of the molecule is CC1NC2=C(CCCC2)C1CCOC(C)(C)C. The summed E-state index contributed by atoms with van der Waals surface area (Å²) in [6.07, 6.45) is 6.50. The van der Waals surface area contributed by atoms with Gasteiger partial charge in [0.2, 0.25) is 0 Å². The predicted molar refractivity (Wildman–Crippen MR) is 71.9 cm³/mol.